The molecule has 0 saturated heterocycles. The number of benzene rings is 2. The minimum atomic E-state index is -1.03. The summed E-state index contributed by atoms with van der Waals surface area (Å²) in [4.78, 5) is 12.9. The van der Waals surface area contributed by atoms with Crippen molar-refractivity contribution in [1.29, 1.82) is 0 Å². The molecule has 0 fully saturated rings. The number of aryl methyl sites for hydroxylation is 1. The van der Waals surface area contributed by atoms with Crippen LogP contribution in [0, 0.1) is 0 Å². The zero-order valence-electron chi connectivity index (χ0n) is 16.1. The van der Waals surface area contributed by atoms with Gasteiger partial charge in [0.1, 0.15) is 16.9 Å². The van der Waals surface area contributed by atoms with E-state index in [9.17, 15) is 15.0 Å². The van der Waals surface area contributed by atoms with E-state index in [1.54, 1.807) is 30.3 Å². The molecule has 4 N–H and O–H groups in total. The summed E-state index contributed by atoms with van der Waals surface area (Å²) in [5, 5.41) is 19.7. The van der Waals surface area contributed by atoms with Crippen molar-refractivity contribution < 1.29 is 19.4 Å². The molecule has 0 atom stereocenters. The summed E-state index contributed by atoms with van der Waals surface area (Å²) >= 11 is 0. The quantitative estimate of drug-likeness (QED) is 0.386. The van der Waals surface area contributed by atoms with Gasteiger partial charge in [-0.15, -0.1) is 0 Å². The Labute approximate surface area is 163 Å². The van der Waals surface area contributed by atoms with Crippen molar-refractivity contribution in [3.63, 3.8) is 0 Å². The van der Waals surface area contributed by atoms with E-state index in [1.807, 2.05) is 6.07 Å². The molecule has 6 heteroatoms. The van der Waals surface area contributed by atoms with Crippen LogP contribution in [0.4, 0.5) is 0 Å². The first-order valence-electron chi connectivity index (χ1n) is 9.62. The van der Waals surface area contributed by atoms with Gasteiger partial charge in [0.15, 0.2) is 0 Å². The molecule has 0 bridgehead atoms. The second-order valence-corrected chi connectivity index (χ2v) is 7.30. The van der Waals surface area contributed by atoms with E-state index in [0.717, 1.165) is 18.4 Å². The highest BCUT2D eigenvalue weighted by Gasteiger charge is 2.22. The minimum Gasteiger partial charge on any atom is -0.493 e. The molecule has 150 valence electrons. The maximum atomic E-state index is 12.9. The van der Waals surface area contributed by atoms with Gasteiger partial charge in [-0.25, -0.2) is 0 Å². The summed E-state index contributed by atoms with van der Waals surface area (Å²) < 4.78 is 11.6. The maximum Gasteiger partial charge on any atom is 0.200 e. The van der Waals surface area contributed by atoms with E-state index in [-0.39, 0.29) is 18.6 Å². The second-order valence-electron chi connectivity index (χ2n) is 7.30. The van der Waals surface area contributed by atoms with Crippen LogP contribution in [0.15, 0.2) is 45.6 Å². The van der Waals surface area contributed by atoms with Crippen LogP contribution in [0.3, 0.4) is 0 Å². The molecule has 1 aromatic heterocycles. The van der Waals surface area contributed by atoms with Crippen LogP contribution in [0.2, 0.25) is 0 Å². The third-order valence-corrected chi connectivity index (χ3v) is 5.01. The molecule has 3 rings (SSSR count). The zero-order valence-corrected chi connectivity index (χ0v) is 16.1. The molecule has 0 aliphatic carbocycles. The van der Waals surface area contributed by atoms with Gasteiger partial charge in [-0.05, 0) is 49.1 Å². The number of nitrogens with two attached hydrogens (primary N) is 1. The molecule has 0 aliphatic rings. The molecule has 0 aliphatic heterocycles. The summed E-state index contributed by atoms with van der Waals surface area (Å²) in [6, 6.07) is 10.7. The van der Waals surface area contributed by atoms with E-state index < -0.39 is 5.54 Å². The summed E-state index contributed by atoms with van der Waals surface area (Å²) in [6.45, 7) is 2.14. The van der Waals surface area contributed by atoms with Gasteiger partial charge >= 0.3 is 0 Å². The van der Waals surface area contributed by atoms with E-state index in [1.165, 1.54) is 0 Å². The average molecular weight is 385 g/mol. The molecule has 1 heterocycles. The molecule has 6 nitrogen and oxygen atoms in total. The third kappa shape index (κ3) is 4.35. The van der Waals surface area contributed by atoms with Crippen LogP contribution >= 0.6 is 0 Å². The van der Waals surface area contributed by atoms with Gasteiger partial charge in [0.05, 0.1) is 36.1 Å². The van der Waals surface area contributed by atoms with Gasteiger partial charge in [0.2, 0.25) is 5.43 Å². The van der Waals surface area contributed by atoms with Gasteiger partial charge < -0.3 is 25.1 Å². The lowest BCUT2D eigenvalue weighted by atomic mass is 9.93. The highest BCUT2D eigenvalue weighted by molar-refractivity contribution is 5.90. The lowest BCUT2D eigenvalue weighted by Crippen LogP contribution is -2.47. The molecule has 0 spiro atoms. The number of hydrogen-bond acceptors (Lipinski definition) is 6. The Hall–Kier alpha value is -2.41. The third-order valence-electron chi connectivity index (χ3n) is 5.01. The Morgan fingerprint density at radius 1 is 1.07 bits per heavy atom. The van der Waals surface area contributed by atoms with Crippen molar-refractivity contribution >= 4 is 21.9 Å². The lowest BCUT2D eigenvalue weighted by Gasteiger charge is -2.24. The summed E-state index contributed by atoms with van der Waals surface area (Å²) in [7, 11) is 0. The SMILES string of the molecule is CCCCOc1ccc2c(=O)c3cc(CCC(N)(CO)CO)ccc3oc2c1. The number of aliphatic hydroxyl groups is 2. The fourth-order valence-corrected chi connectivity index (χ4v) is 3.06. The highest BCUT2D eigenvalue weighted by atomic mass is 16.5. The maximum absolute atomic E-state index is 12.9. The van der Waals surface area contributed by atoms with Crippen molar-refractivity contribution in [2.24, 2.45) is 5.73 Å². The number of hydrogen-bond donors (Lipinski definition) is 3. The van der Waals surface area contributed by atoms with E-state index in [4.69, 9.17) is 14.9 Å². The van der Waals surface area contributed by atoms with Crippen molar-refractivity contribution in [2.75, 3.05) is 19.8 Å². The number of rotatable bonds is 9. The first-order chi connectivity index (χ1) is 13.5. The minimum absolute atomic E-state index is 0.0958. The van der Waals surface area contributed by atoms with Crippen LogP contribution in [0.5, 0.6) is 5.75 Å². The lowest BCUT2D eigenvalue weighted by molar-refractivity contribution is 0.115. The standard InChI is InChI=1S/C22H27NO5/c1-2-3-10-27-16-5-6-17-20(12-16)28-19-7-4-15(11-18(19)21(17)26)8-9-22(23,13-24)14-25/h4-7,11-12,24-25H,2-3,8-10,13-14,23H2,1H3. The topological polar surface area (TPSA) is 106 Å². The fourth-order valence-electron chi connectivity index (χ4n) is 3.06. The van der Waals surface area contributed by atoms with Crippen molar-refractivity contribution in [3.05, 3.63) is 52.2 Å². The Kier molecular flexibility index (Phi) is 6.34. The van der Waals surface area contributed by atoms with Crippen LogP contribution in [0.25, 0.3) is 21.9 Å². The van der Waals surface area contributed by atoms with E-state index in [0.29, 0.717) is 47.1 Å². The zero-order chi connectivity index (χ0) is 20.1. The van der Waals surface area contributed by atoms with E-state index >= 15 is 0 Å². The predicted octanol–water partition coefficient (Wildman–Crippen LogP) is 2.74. The summed E-state index contributed by atoms with van der Waals surface area (Å²) in [5.74, 6) is 0.687. The monoisotopic (exact) mass is 385 g/mol. The molecule has 0 unspecified atom stereocenters. The van der Waals surface area contributed by atoms with Gasteiger partial charge in [0, 0.05) is 6.07 Å². The Morgan fingerprint density at radius 2 is 1.86 bits per heavy atom. The van der Waals surface area contributed by atoms with Crippen LogP contribution in [-0.2, 0) is 6.42 Å². The molecule has 0 radical (unpaired) electrons. The predicted molar refractivity (Wildman–Crippen MR) is 110 cm³/mol. The molecule has 3 aromatic rings. The summed E-state index contributed by atoms with van der Waals surface area (Å²) in [5.41, 5.74) is 6.71. The van der Waals surface area contributed by atoms with Gasteiger partial charge in [-0.2, -0.15) is 0 Å². The normalized spacial score (nSPS) is 12.0. The summed E-state index contributed by atoms with van der Waals surface area (Å²) in [6.07, 6.45) is 2.97. The van der Waals surface area contributed by atoms with Gasteiger partial charge in [0.25, 0.3) is 0 Å². The van der Waals surface area contributed by atoms with Crippen molar-refractivity contribution in [2.45, 2.75) is 38.1 Å². The fraction of sp³-hybridized carbons (Fsp3) is 0.409. The largest absolute Gasteiger partial charge is 0.493 e. The Morgan fingerprint density at radius 3 is 2.57 bits per heavy atom. The molecule has 28 heavy (non-hydrogen) atoms. The van der Waals surface area contributed by atoms with Crippen LogP contribution < -0.4 is 15.9 Å². The number of aliphatic hydroxyl groups excluding tert-OH is 2. The van der Waals surface area contributed by atoms with Gasteiger partial charge in [-0.1, -0.05) is 19.4 Å². The number of fused-ring (bicyclic) bond motifs is 2. The molecule has 0 amide bonds. The van der Waals surface area contributed by atoms with Gasteiger partial charge in [-0.3, -0.25) is 4.79 Å². The number of unbranched alkanes of at least 4 members (excludes halogenated alkanes) is 1. The van der Waals surface area contributed by atoms with Crippen LogP contribution in [-0.4, -0.2) is 35.6 Å². The average Bonchev–Trinajstić information content (AvgIpc) is 2.72. The molecule has 2 aromatic carbocycles. The number of ether oxygens (including phenoxy) is 1. The molecule has 0 saturated carbocycles. The Bertz CT molecular complexity index is 1010. The second kappa shape index (κ2) is 8.73. The smallest absolute Gasteiger partial charge is 0.200 e. The van der Waals surface area contributed by atoms with E-state index in [2.05, 4.69) is 6.92 Å². The van der Waals surface area contributed by atoms with Crippen LogP contribution in [0.1, 0.15) is 31.7 Å². The highest BCUT2D eigenvalue weighted by Crippen LogP contribution is 2.24. The first kappa shape index (κ1) is 20.3. The van der Waals surface area contributed by atoms with Crippen molar-refractivity contribution in [3.8, 4) is 5.75 Å². The molecular formula is C22H27NO5. The Balaban J connectivity index is 1.91. The van der Waals surface area contributed by atoms with Crippen molar-refractivity contribution in [1.82, 2.24) is 0 Å². The molecular weight excluding hydrogens is 358 g/mol. The first-order valence-corrected chi connectivity index (χ1v) is 9.62.